The zero-order valence-corrected chi connectivity index (χ0v) is 14.8. The summed E-state index contributed by atoms with van der Waals surface area (Å²) < 4.78 is 13.6. The Balaban J connectivity index is 2.08. The fraction of sp³-hybridized carbons (Fsp3) is 0.300. The number of benzene rings is 2. The number of carbonyl (C=O) groups excluding carboxylic acids is 2. The number of hydrogen-bond acceptors (Lipinski definition) is 2. The van der Waals surface area contributed by atoms with Gasteiger partial charge in [0.2, 0.25) is 5.91 Å². The molecule has 0 spiro atoms. The number of halogens is 1. The van der Waals surface area contributed by atoms with Crippen LogP contribution >= 0.6 is 0 Å². The van der Waals surface area contributed by atoms with Crippen molar-refractivity contribution in [3.05, 3.63) is 65.5 Å². The molecular formula is C20H23FN2O2. The Hall–Kier alpha value is -2.69. The van der Waals surface area contributed by atoms with Crippen LogP contribution in [0.15, 0.2) is 48.5 Å². The van der Waals surface area contributed by atoms with Gasteiger partial charge in [-0.25, -0.2) is 4.39 Å². The summed E-state index contributed by atoms with van der Waals surface area (Å²) in [7, 11) is 0. The summed E-state index contributed by atoms with van der Waals surface area (Å²) >= 11 is 0. The third kappa shape index (κ3) is 4.66. The minimum atomic E-state index is -0.562. The van der Waals surface area contributed by atoms with E-state index in [0.717, 1.165) is 11.3 Å². The van der Waals surface area contributed by atoms with E-state index in [0.29, 0.717) is 6.54 Å². The highest BCUT2D eigenvalue weighted by Crippen LogP contribution is 2.27. The molecule has 0 unspecified atom stereocenters. The van der Waals surface area contributed by atoms with E-state index in [1.54, 1.807) is 11.0 Å². The van der Waals surface area contributed by atoms with Crippen LogP contribution in [0.4, 0.5) is 10.1 Å². The summed E-state index contributed by atoms with van der Waals surface area (Å²) in [6.45, 7) is 6.18. The highest BCUT2D eigenvalue weighted by molar-refractivity contribution is 5.95. The van der Waals surface area contributed by atoms with Crippen LogP contribution in [0.25, 0.3) is 0 Å². The number of hydrogen-bond donors (Lipinski definition) is 1. The Morgan fingerprint density at radius 1 is 1.08 bits per heavy atom. The molecule has 0 bridgehead atoms. The van der Waals surface area contributed by atoms with Crippen molar-refractivity contribution >= 4 is 17.5 Å². The summed E-state index contributed by atoms with van der Waals surface area (Å²) in [5.74, 6) is -0.883. The van der Waals surface area contributed by atoms with Crippen LogP contribution in [0.5, 0.6) is 0 Å². The number of para-hydroxylation sites is 1. The van der Waals surface area contributed by atoms with E-state index in [1.807, 2.05) is 24.3 Å². The van der Waals surface area contributed by atoms with Gasteiger partial charge in [-0.2, -0.15) is 0 Å². The molecule has 0 aliphatic heterocycles. The fourth-order valence-corrected chi connectivity index (χ4v) is 2.69. The molecule has 0 saturated heterocycles. The van der Waals surface area contributed by atoms with Gasteiger partial charge in [0.05, 0.1) is 5.56 Å². The van der Waals surface area contributed by atoms with E-state index in [4.69, 9.17) is 0 Å². The van der Waals surface area contributed by atoms with Gasteiger partial charge in [-0.15, -0.1) is 0 Å². The topological polar surface area (TPSA) is 49.4 Å². The van der Waals surface area contributed by atoms with Gasteiger partial charge in [0.25, 0.3) is 5.91 Å². The molecule has 1 N–H and O–H groups in total. The van der Waals surface area contributed by atoms with E-state index in [-0.39, 0.29) is 23.9 Å². The summed E-state index contributed by atoms with van der Waals surface area (Å²) in [5.41, 5.74) is 1.91. The van der Waals surface area contributed by atoms with Crippen LogP contribution in [0.3, 0.4) is 0 Å². The maximum Gasteiger partial charge on any atom is 0.254 e. The molecule has 2 aromatic rings. The van der Waals surface area contributed by atoms with Crippen molar-refractivity contribution in [3.8, 4) is 0 Å². The predicted molar refractivity (Wildman–Crippen MR) is 97.3 cm³/mol. The molecule has 2 rings (SSSR count). The molecule has 5 heteroatoms. The molecule has 25 heavy (non-hydrogen) atoms. The number of carbonyl (C=O) groups is 2. The zero-order chi connectivity index (χ0) is 18.4. The molecule has 2 amide bonds. The number of nitrogens with one attached hydrogen (secondary N) is 1. The van der Waals surface area contributed by atoms with E-state index in [2.05, 4.69) is 19.2 Å². The number of anilines is 1. The van der Waals surface area contributed by atoms with Crippen LogP contribution in [0, 0.1) is 5.82 Å². The van der Waals surface area contributed by atoms with Gasteiger partial charge in [-0.1, -0.05) is 44.2 Å². The molecule has 2 aromatic carbocycles. The third-order valence-electron chi connectivity index (χ3n) is 3.97. The minimum absolute atomic E-state index is 0.000504. The first kappa shape index (κ1) is 18.6. The maximum atomic E-state index is 13.6. The van der Waals surface area contributed by atoms with Gasteiger partial charge in [0, 0.05) is 25.7 Å². The van der Waals surface area contributed by atoms with E-state index < -0.39 is 11.7 Å². The minimum Gasteiger partial charge on any atom is -0.350 e. The molecule has 0 aliphatic carbocycles. The molecule has 0 aromatic heterocycles. The van der Waals surface area contributed by atoms with E-state index in [1.165, 1.54) is 25.1 Å². The van der Waals surface area contributed by atoms with E-state index >= 15 is 0 Å². The molecule has 0 atom stereocenters. The highest BCUT2D eigenvalue weighted by atomic mass is 19.1. The first-order chi connectivity index (χ1) is 11.9. The van der Waals surface area contributed by atoms with Gasteiger partial charge in [-0.05, 0) is 29.7 Å². The smallest absolute Gasteiger partial charge is 0.254 e. The van der Waals surface area contributed by atoms with Gasteiger partial charge < -0.3 is 10.2 Å². The van der Waals surface area contributed by atoms with Gasteiger partial charge in [0.1, 0.15) is 5.82 Å². The Labute approximate surface area is 147 Å². The molecule has 0 heterocycles. The van der Waals surface area contributed by atoms with Crippen molar-refractivity contribution in [1.82, 2.24) is 5.32 Å². The lowest BCUT2D eigenvalue weighted by Gasteiger charge is -2.25. The summed E-state index contributed by atoms with van der Waals surface area (Å²) in [5, 5.41) is 2.67. The molecular weight excluding hydrogens is 319 g/mol. The predicted octanol–water partition coefficient (Wildman–Crippen LogP) is 3.73. The average Bonchev–Trinajstić information content (AvgIpc) is 2.58. The number of rotatable bonds is 6. The van der Waals surface area contributed by atoms with Crippen molar-refractivity contribution in [3.63, 3.8) is 0 Å². The van der Waals surface area contributed by atoms with Gasteiger partial charge in [0.15, 0.2) is 0 Å². The third-order valence-corrected chi connectivity index (χ3v) is 3.97. The van der Waals surface area contributed by atoms with Crippen molar-refractivity contribution in [1.29, 1.82) is 0 Å². The Kier molecular flexibility index (Phi) is 6.28. The second kappa shape index (κ2) is 8.42. The number of nitrogens with zero attached hydrogens (tertiary/aromatic N) is 1. The lowest BCUT2D eigenvalue weighted by Crippen LogP contribution is -2.38. The first-order valence-corrected chi connectivity index (χ1v) is 8.31. The summed E-state index contributed by atoms with van der Waals surface area (Å²) in [4.78, 5) is 25.8. The van der Waals surface area contributed by atoms with Gasteiger partial charge >= 0.3 is 0 Å². The summed E-state index contributed by atoms with van der Waals surface area (Å²) in [6, 6.07) is 13.5. The maximum absolute atomic E-state index is 13.6. The molecule has 0 aliphatic rings. The Morgan fingerprint density at radius 2 is 1.72 bits per heavy atom. The first-order valence-electron chi connectivity index (χ1n) is 8.31. The normalized spacial score (nSPS) is 10.6. The summed E-state index contributed by atoms with van der Waals surface area (Å²) in [6.07, 6.45) is 0. The van der Waals surface area contributed by atoms with Crippen molar-refractivity contribution in [2.75, 3.05) is 18.0 Å². The van der Waals surface area contributed by atoms with Crippen LogP contribution in [-0.2, 0) is 4.79 Å². The zero-order valence-electron chi connectivity index (χ0n) is 14.8. The van der Waals surface area contributed by atoms with Crippen molar-refractivity contribution < 1.29 is 14.0 Å². The molecule has 132 valence electrons. The van der Waals surface area contributed by atoms with Crippen LogP contribution in [-0.4, -0.2) is 24.9 Å². The van der Waals surface area contributed by atoms with Crippen LogP contribution in [0.1, 0.15) is 42.6 Å². The molecule has 0 radical (unpaired) electrons. The van der Waals surface area contributed by atoms with E-state index in [9.17, 15) is 14.0 Å². The standard InChI is InChI=1S/C20H23FN2O2/c1-14(2)16-8-5-7-11-19(16)23(15(3)24)13-12-22-20(25)17-9-4-6-10-18(17)21/h4-11,14H,12-13H2,1-3H3,(H,22,25). The fourth-order valence-electron chi connectivity index (χ4n) is 2.69. The number of amides is 2. The molecule has 4 nitrogen and oxygen atoms in total. The quantitative estimate of drug-likeness (QED) is 0.869. The Morgan fingerprint density at radius 3 is 2.36 bits per heavy atom. The average molecular weight is 342 g/mol. The highest BCUT2D eigenvalue weighted by Gasteiger charge is 2.17. The Bertz CT molecular complexity index is 759. The lowest BCUT2D eigenvalue weighted by molar-refractivity contribution is -0.116. The largest absolute Gasteiger partial charge is 0.350 e. The van der Waals surface area contributed by atoms with Crippen LogP contribution < -0.4 is 10.2 Å². The monoisotopic (exact) mass is 342 g/mol. The van der Waals surface area contributed by atoms with Crippen molar-refractivity contribution in [2.45, 2.75) is 26.7 Å². The second-order valence-corrected chi connectivity index (χ2v) is 6.12. The molecule has 0 fully saturated rings. The van der Waals surface area contributed by atoms with Crippen LogP contribution in [0.2, 0.25) is 0 Å². The SMILES string of the molecule is CC(=O)N(CCNC(=O)c1ccccc1F)c1ccccc1C(C)C. The van der Waals surface area contributed by atoms with Gasteiger partial charge in [-0.3, -0.25) is 9.59 Å². The second-order valence-electron chi connectivity index (χ2n) is 6.12. The van der Waals surface area contributed by atoms with Crippen molar-refractivity contribution in [2.24, 2.45) is 0 Å². The lowest BCUT2D eigenvalue weighted by atomic mass is 10.0. The molecule has 0 saturated carbocycles.